The van der Waals surface area contributed by atoms with Crippen LogP contribution in [0.5, 0.6) is 0 Å². The van der Waals surface area contributed by atoms with Crippen LogP contribution >= 0.6 is 11.6 Å². The van der Waals surface area contributed by atoms with Crippen LogP contribution in [-0.4, -0.2) is 37.1 Å². The number of nitrogens with zero attached hydrogens (tertiary/aromatic N) is 3. The van der Waals surface area contributed by atoms with E-state index in [0.29, 0.717) is 31.0 Å². The largest absolute Gasteiger partial charge is 0.481 e. The minimum atomic E-state index is -0.966. The molecule has 8 heteroatoms. The molecule has 2 N–H and O–H groups in total. The molecule has 7 nitrogen and oxygen atoms in total. The smallest absolute Gasteiger partial charge is 0.304 e. The third-order valence-corrected chi connectivity index (χ3v) is 5.51. The Morgan fingerprint density at radius 2 is 2.14 bits per heavy atom. The molecule has 0 aliphatic carbocycles. The van der Waals surface area contributed by atoms with E-state index in [1.165, 1.54) is 0 Å². The topological polar surface area (TPSA) is 99.2 Å². The SMILES string of the molecule is O=C(O)C[C@@H]1CCc2cc(Cl)c3[nH]ncc3c2CN(Cc2ccncc2)C1=O. The number of halogens is 1. The Morgan fingerprint density at radius 1 is 1.36 bits per heavy atom. The summed E-state index contributed by atoms with van der Waals surface area (Å²) in [5, 5.41) is 17.8. The van der Waals surface area contributed by atoms with Crippen LogP contribution in [0.15, 0.2) is 36.8 Å². The van der Waals surface area contributed by atoms with Gasteiger partial charge in [-0.1, -0.05) is 11.6 Å². The zero-order valence-electron chi connectivity index (χ0n) is 15.1. The minimum absolute atomic E-state index is 0.142. The molecule has 1 aliphatic heterocycles. The lowest BCUT2D eigenvalue weighted by molar-refractivity contribution is -0.145. The zero-order valence-corrected chi connectivity index (χ0v) is 15.8. The number of carboxylic acid groups (broad SMARTS) is 1. The number of amides is 1. The molecule has 144 valence electrons. The summed E-state index contributed by atoms with van der Waals surface area (Å²) >= 11 is 6.39. The van der Waals surface area contributed by atoms with Gasteiger partial charge in [0.05, 0.1) is 23.2 Å². The van der Waals surface area contributed by atoms with Crippen LogP contribution < -0.4 is 0 Å². The number of carbonyl (C=O) groups is 2. The number of aryl methyl sites for hydroxylation is 1. The molecule has 1 aliphatic rings. The van der Waals surface area contributed by atoms with Crippen LogP contribution in [0.2, 0.25) is 5.02 Å². The Bertz CT molecular complexity index is 1030. The molecule has 0 bridgehead atoms. The second-order valence-electron chi connectivity index (χ2n) is 7.04. The summed E-state index contributed by atoms with van der Waals surface area (Å²) < 4.78 is 0. The van der Waals surface area contributed by atoms with Gasteiger partial charge in [-0.15, -0.1) is 0 Å². The van der Waals surface area contributed by atoms with Crippen molar-refractivity contribution in [3.8, 4) is 0 Å². The van der Waals surface area contributed by atoms with E-state index in [9.17, 15) is 14.7 Å². The fourth-order valence-corrected chi connectivity index (χ4v) is 4.09. The molecule has 3 aromatic rings. The molecule has 4 rings (SSSR count). The van der Waals surface area contributed by atoms with E-state index >= 15 is 0 Å². The highest BCUT2D eigenvalue weighted by Crippen LogP contribution is 2.33. The van der Waals surface area contributed by atoms with Crippen LogP contribution in [-0.2, 0) is 29.1 Å². The number of hydrogen-bond donors (Lipinski definition) is 2. The fraction of sp³-hybridized carbons (Fsp3) is 0.300. The van der Waals surface area contributed by atoms with Gasteiger partial charge in [-0.3, -0.25) is 19.7 Å². The van der Waals surface area contributed by atoms with E-state index in [-0.39, 0.29) is 12.3 Å². The van der Waals surface area contributed by atoms with Crippen molar-refractivity contribution in [2.75, 3.05) is 0 Å². The standard InChI is InChI=1S/C20H19ClN4O3/c21-17-7-13-1-2-14(8-18(26)27)20(28)25(10-12-3-5-22-6-4-12)11-16(13)15-9-23-24-19(15)17/h3-7,9,14H,1-2,8,10-11H2,(H,23,24)(H,26,27)/t14-/m0/s1. The number of rotatable bonds is 4. The molecule has 2 aromatic heterocycles. The van der Waals surface area contributed by atoms with Crippen molar-refractivity contribution in [1.29, 1.82) is 0 Å². The van der Waals surface area contributed by atoms with E-state index < -0.39 is 11.9 Å². The van der Waals surface area contributed by atoms with E-state index in [2.05, 4.69) is 15.2 Å². The van der Waals surface area contributed by atoms with Crippen molar-refractivity contribution in [2.24, 2.45) is 5.92 Å². The van der Waals surface area contributed by atoms with E-state index in [0.717, 1.165) is 27.6 Å². The summed E-state index contributed by atoms with van der Waals surface area (Å²) in [4.78, 5) is 30.2. The summed E-state index contributed by atoms with van der Waals surface area (Å²) in [6, 6.07) is 5.61. The van der Waals surface area contributed by atoms with Gasteiger partial charge in [0.1, 0.15) is 0 Å². The van der Waals surface area contributed by atoms with Gasteiger partial charge >= 0.3 is 5.97 Å². The number of pyridine rings is 1. The number of carboxylic acids is 1. The third kappa shape index (κ3) is 3.57. The van der Waals surface area contributed by atoms with Gasteiger partial charge in [-0.2, -0.15) is 5.10 Å². The maximum absolute atomic E-state index is 13.2. The fourth-order valence-electron chi connectivity index (χ4n) is 3.81. The quantitative estimate of drug-likeness (QED) is 0.703. The van der Waals surface area contributed by atoms with Gasteiger partial charge in [0.15, 0.2) is 0 Å². The number of nitrogens with one attached hydrogen (secondary N) is 1. The van der Waals surface area contributed by atoms with E-state index in [1.807, 2.05) is 18.2 Å². The third-order valence-electron chi connectivity index (χ3n) is 5.21. The van der Waals surface area contributed by atoms with Gasteiger partial charge in [0, 0.05) is 36.8 Å². The first kappa shape index (κ1) is 18.4. The molecule has 3 heterocycles. The molecule has 28 heavy (non-hydrogen) atoms. The van der Waals surface area contributed by atoms with Crippen LogP contribution in [0.3, 0.4) is 0 Å². The van der Waals surface area contributed by atoms with Crippen molar-refractivity contribution in [2.45, 2.75) is 32.4 Å². The summed E-state index contributed by atoms with van der Waals surface area (Å²) in [6.45, 7) is 0.763. The number of aromatic nitrogens is 3. The van der Waals surface area contributed by atoms with Crippen molar-refractivity contribution in [3.05, 3.63) is 58.5 Å². The first-order valence-corrected chi connectivity index (χ1v) is 9.43. The summed E-state index contributed by atoms with van der Waals surface area (Å²) in [5.74, 6) is -1.67. The molecule has 0 unspecified atom stereocenters. The molecule has 0 spiro atoms. The minimum Gasteiger partial charge on any atom is -0.481 e. The number of hydrogen-bond acceptors (Lipinski definition) is 4. The molecule has 1 aromatic carbocycles. The molecule has 0 saturated carbocycles. The molecular formula is C20H19ClN4O3. The Kier molecular flexibility index (Phi) is 5.00. The average Bonchev–Trinajstić information content (AvgIpc) is 3.16. The summed E-state index contributed by atoms with van der Waals surface area (Å²) in [6.07, 6.45) is 5.98. The number of aromatic amines is 1. The van der Waals surface area contributed by atoms with Crippen molar-refractivity contribution in [3.63, 3.8) is 0 Å². The van der Waals surface area contributed by atoms with Crippen molar-refractivity contribution >= 4 is 34.4 Å². The molecule has 1 amide bonds. The highest BCUT2D eigenvalue weighted by molar-refractivity contribution is 6.35. The zero-order chi connectivity index (χ0) is 19.7. The van der Waals surface area contributed by atoms with Gasteiger partial charge in [0.2, 0.25) is 5.91 Å². The van der Waals surface area contributed by atoms with E-state index in [4.69, 9.17) is 11.6 Å². The number of H-pyrrole nitrogens is 1. The molecule has 0 saturated heterocycles. The second kappa shape index (κ2) is 7.59. The van der Waals surface area contributed by atoms with Crippen LogP contribution in [0.25, 0.3) is 10.9 Å². The molecular weight excluding hydrogens is 380 g/mol. The molecule has 0 radical (unpaired) electrons. The Hall–Kier alpha value is -2.93. The first-order chi connectivity index (χ1) is 13.5. The van der Waals surface area contributed by atoms with Gasteiger partial charge in [-0.25, -0.2) is 0 Å². The Labute approximate surface area is 166 Å². The maximum atomic E-state index is 13.2. The Balaban J connectivity index is 1.77. The highest BCUT2D eigenvalue weighted by Gasteiger charge is 2.30. The van der Waals surface area contributed by atoms with Crippen LogP contribution in [0, 0.1) is 5.92 Å². The predicted molar refractivity (Wildman–Crippen MR) is 104 cm³/mol. The lowest BCUT2D eigenvalue weighted by Gasteiger charge is -2.31. The summed E-state index contributed by atoms with van der Waals surface area (Å²) in [7, 11) is 0. The summed E-state index contributed by atoms with van der Waals surface area (Å²) in [5.41, 5.74) is 3.72. The van der Waals surface area contributed by atoms with Crippen LogP contribution in [0.1, 0.15) is 29.5 Å². The van der Waals surface area contributed by atoms with Crippen LogP contribution in [0.4, 0.5) is 0 Å². The van der Waals surface area contributed by atoms with Gasteiger partial charge in [-0.05, 0) is 47.7 Å². The molecule has 1 atom stereocenters. The number of carbonyl (C=O) groups excluding carboxylic acids is 1. The highest BCUT2D eigenvalue weighted by atomic mass is 35.5. The average molecular weight is 399 g/mol. The lowest BCUT2D eigenvalue weighted by Crippen LogP contribution is -2.38. The van der Waals surface area contributed by atoms with Crippen molar-refractivity contribution < 1.29 is 14.7 Å². The normalized spacial score (nSPS) is 17.2. The second-order valence-corrected chi connectivity index (χ2v) is 7.45. The number of benzene rings is 1. The number of aliphatic carboxylic acids is 1. The monoisotopic (exact) mass is 398 g/mol. The maximum Gasteiger partial charge on any atom is 0.304 e. The van der Waals surface area contributed by atoms with Gasteiger partial charge < -0.3 is 10.0 Å². The predicted octanol–water partition coefficient (Wildman–Crippen LogP) is 3.18. The lowest BCUT2D eigenvalue weighted by atomic mass is 9.89. The van der Waals surface area contributed by atoms with E-state index in [1.54, 1.807) is 23.5 Å². The number of fused-ring (bicyclic) bond motifs is 3. The first-order valence-electron chi connectivity index (χ1n) is 9.05. The van der Waals surface area contributed by atoms with Crippen molar-refractivity contribution in [1.82, 2.24) is 20.1 Å². The Morgan fingerprint density at radius 3 is 2.89 bits per heavy atom. The van der Waals surface area contributed by atoms with Gasteiger partial charge in [0.25, 0.3) is 0 Å². The molecule has 0 fully saturated rings.